The Morgan fingerprint density at radius 2 is 1.95 bits per heavy atom. The Labute approximate surface area is 137 Å². The molecule has 1 N–H and O–H groups in total. The molecule has 1 aromatic carbocycles. The smallest absolute Gasteiger partial charge is 0.161 e. The van der Waals surface area contributed by atoms with Gasteiger partial charge in [0, 0.05) is 10.9 Å². The lowest BCUT2D eigenvalue weighted by molar-refractivity contribution is 1.05. The summed E-state index contributed by atoms with van der Waals surface area (Å²) >= 11 is 7.46. The van der Waals surface area contributed by atoms with Crippen LogP contribution in [0.1, 0.15) is 11.4 Å². The second kappa shape index (κ2) is 6.56. The van der Waals surface area contributed by atoms with Crippen molar-refractivity contribution in [3.05, 3.63) is 64.3 Å². The van der Waals surface area contributed by atoms with Crippen LogP contribution in [0.5, 0.6) is 0 Å². The van der Waals surface area contributed by atoms with Crippen LogP contribution in [0.4, 0.5) is 5.82 Å². The van der Waals surface area contributed by atoms with Gasteiger partial charge in [-0.2, -0.15) is 5.26 Å². The highest BCUT2D eigenvalue weighted by Crippen LogP contribution is 2.23. The number of nitrogens with one attached hydrogen (secondary N) is 1. The van der Waals surface area contributed by atoms with E-state index >= 15 is 0 Å². The van der Waals surface area contributed by atoms with Crippen LogP contribution >= 0.6 is 22.9 Å². The summed E-state index contributed by atoms with van der Waals surface area (Å²) in [4.78, 5) is 8.74. The van der Waals surface area contributed by atoms with E-state index in [2.05, 4.69) is 15.3 Å². The van der Waals surface area contributed by atoms with E-state index in [0.717, 1.165) is 16.3 Å². The summed E-state index contributed by atoms with van der Waals surface area (Å²) in [5.41, 5.74) is 2.25. The van der Waals surface area contributed by atoms with Gasteiger partial charge in [0.2, 0.25) is 0 Å². The number of hydrogen-bond donors (Lipinski definition) is 1. The molecule has 0 atom stereocenters. The molecular formula is C16H11ClN4S. The van der Waals surface area contributed by atoms with Crippen molar-refractivity contribution in [3.63, 3.8) is 0 Å². The van der Waals surface area contributed by atoms with E-state index in [9.17, 15) is 0 Å². The molecule has 0 aliphatic rings. The molecule has 0 amide bonds. The molecule has 3 aromatic rings. The van der Waals surface area contributed by atoms with Gasteiger partial charge in [0.15, 0.2) is 5.69 Å². The third-order valence-electron chi connectivity index (χ3n) is 2.98. The maximum Gasteiger partial charge on any atom is 0.161 e. The molecule has 3 rings (SSSR count). The molecule has 0 fully saturated rings. The molecule has 0 saturated carbocycles. The Balaban J connectivity index is 1.70. The maximum absolute atomic E-state index is 8.92. The quantitative estimate of drug-likeness (QED) is 0.774. The number of halogens is 1. The molecular weight excluding hydrogens is 316 g/mol. The zero-order chi connectivity index (χ0) is 15.4. The van der Waals surface area contributed by atoms with Gasteiger partial charge in [0.05, 0.1) is 17.3 Å². The Kier molecular flexibility index (Phi) is 4.33. The van der Waals surface area contributed by atoms with Crippen LogP contribution in [0.2, 0.25) is 5.02 Å². The van der Waals surface area contributed by atoms with Crippen LogP contribution in [0, 0.1) is 11.3 Å². The Morgan fingerprint density at radius 1 is 1.14 bits per heavy atom. The lowest BCUT2D eigenvalue weighted by Gasteiger charge is -2.04. The average molecular weight is 327 g/mol. The Hall–Kier alpha value is -2.42. The summed E-state index contributed by atoms with van der Waals surface area (Å²) in [6.45, 7) is 0.544. The minimum Gasteiger partial charge on any atom is -0.364 e. The summed E-state index contributed by atoms with van der Waals surface area (Å²) in [5.74, 6) is 0.607. The van der Waals surface area contributed by atoms with E-state index in [1.165, 1.54) is 0 Å². The Bertz CT molecular complexity index is 824. The number of nitrogens with zero attached hydrogens (tertiary/aromatic N) is 3. The number of rotatable bonds is 4. The molecule has 6 heteroatoms. The van der Waals surface area contributed by atoms with Crippen LogP contribution in [0.3, 0.4) is 0 Å². The second-order valence-electron chi connectivity index (χ2n) is 4.50. The standard InChI is InChI=1S/C16H11ClN4S/c17-13-6-7-15(21-14(13)8-18)19-9-12-10-22-16(20-12)11-4-2-1-3-5-11/h1-7,10H,9H2,(H,19,21). The van der Waals surface area contributed by atoms with Crippen LogP contribution < -0.4 is 5.32 Å². The van der Waals surface area contributed by atoms with Gasteiger partial charge < -0.3 is 5.32 Å². The summed E-state index contributed by atoms with van der Waals surface area (Å²) in [6.07, 6.45) is 0. The van der Waals surface area contributed by atoms with Gasteiger partial charge >= 0.3 is 0 Å². The fourth-order valence-corrected chi connectivity index (χ4v) is 2.87. The summed E-state index contributed by atoms with van der Waals surface area (Å²) in [7, 11) is 0. The highest BCUT2D eigenvalue weighted by atomic mass is 35.5. The van der Waals surface area contributed by atoms with E-state index in [0.29, 0.717) is 17.4 Å². The maximum atomic E-state index is 8.92. The molecule has 2 aromatic heterocycles. The largest absolute Gasteiger partial charge is 0.364 e. The minimum absolute atomic E-state index is 0.218. The number of thiazole rings is 1. The first-order chi connectivity index (χ1) is 10.8. The van der Waals surface area contributed by atoms with Crippen molar-refractivity contribution in [1.82, 2.24) is 9.97 Å². The summed E-state index contributed by atoms with van der Waals surface area (Å²) in [5, 5.41) is 15.4. The third-order valence-corrected chi connectivity index (χ3v) is 4.22. The van der Waals surface area contributed by atoms with E-state index in [1.807, 2.05) is 41.8 Å². The minimum atomic E-state index is 0.218. The van der Waals surface area contributed by atoms with Crippen molar-refractivity contribution in [2.75, 3.05) is 5.32 Å². The van der Waals surface area contributed by atoms with E-state index in [4.69, 9.17) is 16.9 Å². The molecule has 22 heavy (non-hydrogen) atoms. The van der Waals surface area contributed by atoms with Crippen molar-refractivity contribution >= 4 is 28.8 Å². The number of benzene rings is 1. The summed E-state index contributed by atoms with van der Waals surface area (Å²) in [6, 6.07) is 15.4. The SMILES string of the molecule is N#Cc1nc(NCc2csc(-c3ccccc3)n2)ccc1Cl. The van der Waals surface area contributed by atoms with Gasteiger partial charge in [0.25, 0.3) is 0 Å². The lowest BCUT2D eigenvalue weighted by Crippen LogP contribution is -2.02. The second-order valence-corrected chi connectivity index (χ2v) is 5.77. The first kappa shape index (κ1) is 14.5. The molecule has 0 radical (unpaired) electrons. The predicted octanol–water partition coefficient (Wildman–Crippen LogP) is 4.34. The monoisotopic (exact) mass is 326 g/mol. The Morgan fingerprint density at radius 3 is 2.73 bits per heavy atom. The van der Waals surface area contributed by atoms with Crippen molar-refractivity contribution in [2.45, 2.75) is 6.54 Å². The fraction of sp³-hybridized carbons (Fsp3) is 0.0625. The normalized spacial score (nSPS) is 10.2. The van der Waals surface area contributed by atoms with E-state index in [-0.39, 0.29) is 5.69 Å². The van der Waals surface area contributed by atoms with Crippen LogP contribution in [0.15, 0.2) is 47.8 Å². The van der Waals surface area contributed by atoms with Gasteiger partial charge in [-0.25, -0.2) is 9.97 Å². The molecule has 0 spiro atoms. The zero-order valence-corrected chi connectivity index (χ0v) is 13.0. The van der Waals surface area contributed by atoms with Crippen molar-refractivity contribution < 1.29 is 0 Å². The van der Waals surface area contributed by atoms with Gasteiger partial charge in [0.1, 0.15) is 16.9 Å². The number of anilines is 1. The molecule has 0 bridgehead atoms. The number of pyridine rings is 1. The first-order valence-electron chi connectivity index (χ1n) is 6.56. The third kappa shape index (κ3) is 3.25. The van der Waals surface area contributed by atoms with Crippen molar-refractivity contribution in [2.24, 2.45) is 0 Å². The topological polar surface area (TPSA) is 61.6 Å². The lowest BCUT2D eigenvalue weighted by atomic mass is 10.2. The highest BCUT2D eigenvalue weighted by molar-refractivity contribution is 7.13. The summed E-state index contributed by atoms with van der Waals surface area (Å²) < 4.78 is 0. The van der Waals surface area contributed by atoms with Gasteiger partial charge in [-0.3, -0.25) is 0 Å². The molecule has 0 unspecified atom stereocenters. The zero-order valence-electron chi connectivity index (χ0n) is 11.5. The molecule has 2 heterocycles. The number of nitriles is 1. The number of aromatic nitrogens is 2. The molecule has 0 aliphatic heterocycles. The fourth-order valence-electron chi connectivity index (χ4n) is 1.90. The van der Waals surface area contributed by atoms with E-state index in [1.54, 1.807) is 23.5 Å². The van der Waals surface area contributed by atoms with Crippen LogP contribution in [-0.2, 0) is 6.54 Å². The van der Waals surface area contributed by atoms with Crippen molar-refractivity contribution in [3.8, 4) is 16.6 Å². The number of hydrogen-bond acceptors (Lipinski definition) is 5. The molecule has 0 saturated heterocycles. The van der Waals surface area contributed by atoms with Crippen LogP contribution in [0.25, 0.3) is 10.6 Å². The van der Waals surface area contributed by atoms with E-state index < -0.39 is 0 Å². The first-order valence-corrected chi connectivity index (χ1v) is 7.82. The van der Waals surface area contributed by atoms with Crippen molar-refractivity contribution in [1.29, 1.82) is 5.26 Å². The molecule has 108 valence electrons. The molecule has 4 nitrogen and oxygen atoms in total. The molecule has 0 aliphatic carbocycles. The highest BCUT2D eigenvalue weighted by Gasteiger charge is 2.06. The predicted molar refractivity (Wildman–Crippen MR) is 88.8 cm³/mol. The van der Waals surface area contributed by atoms with Gasteiger partial charge in [-0.1, -0.05) is 41.9 Å². The van der Waals surface area contributed by atoms with Crippen LogP contribution in [-0.4, -0.2) is 9.97 Å². The van der Waals surface area contributed by atoms with Gasteiger partial charge in [-0.05, 0) is 12.1 Å². The van der Waals surface area contributed by atoms with Gasteiger partial charge in [-0.15, -0.1) is 11.3 Å². The average Bonchev–Trinajstić information content (AvgIpc) is 3.04.